The number of carbonyl (C=O) groups is 1. The van der Waals surface area contributed by atoms with Crippen LogP contribution in [-0.2, 0) is 0 Å². The van der Waals surface area contributed by atoms with Gasteiger partial charge in [-0.05, 0) is 49.2 Å². The van der Waals surface area contributed by atoms with E-state index < -0.39 is 5.60 Å². The number of Topliss-reactive ketones (excluding diaryl/α,β-unsaturated/α-hetero) is 1. The van der Waals surface area contributed by atoms with Gasteiger partial charge in [0.25, 0.3) is 0 Å². The summed E-state index contributed by atoms with van der Waals surface area (Å²) in [7, 11) is 2.03. The first kappa shape index (κ1) is 15.2. The van der Waals surface area contributed by atoms with Crippen molar-refractivity contribution in [2.45, 2.75) is 25.9 Å². The molecule has 2 aliphatic rings. The van der Waals surface area contributed by atoms with Crippen LogP contribution in [0.4, 0.5) is 11.4 Å². The Labute approximate surface area is 142 Å². The Balaban J connectivity index is 1.89. The van der Waals surface area contributed by atoms with Gasteiger partial charge in [0.1, 0.15) is 13.7 Å². The summed E-state index contributed by atoms with van der Waals surface area (Å²) >= 11 is 0. The van der Waals surface area contributed by atoms with Gasteiger partial charge in [0, 0.05) is 24.2 Å². The number of amidine groups is 1. The summed E-state index contributed by atoms with van der Waals surface area (Å²) in [5, 5.41) is 11.1. The molecule has 4 rings (SSSR count). The highest BCUT2D eigenvalue weighted by atomic mass is 16.3. The Morgan fingerprint density at radius 1 is 1.21 bits per heavy atom. The Bertz CT molecular complexity index is 906. The highest BCUT2D eigenvalue weighted by Crippen LogP contribution is 2.40. The normalized spacial score (nSPS) is 22.2. The van der Waals surface area contributed by atoms with Gasteiger partial charge >= 0.3 is 0 Å². The van der Waals surface area contributed by atoms with Crippen molar-refractivity contribution in [1.29, 1.82) is 0 Å². The molecule has 2 heterocycles. The molecule has 0 amide bonds. The lowest BCUT2D eigenvalue weighted by molar-refractivity contribution is 0.0602. The first-order valence-corrected chi connectivity index (χ1v) is 8.22. The molecule has 0 unspecified atom stereocenters. The molecule has 0 saturated carbocycles. The SMILES string of the molecule is Bc1cccc(N2CC[C@@]3(O)C(=O)c4cc(C)c(C)cc4N=C23)c1. The molecule has 2 aliphatic heterocycles. The molecule has 0 aromatic heterocycles. The molecule has 0 aliphatic carbocycles. The number of aliphatic imine (C=N–C) groups is 1. The van der Waals surface area contributed by atoms with Gasteiger partial charge in [0.15, 0.2) is 5.60 Å². The zero-order valence-electron chi connectivity index (χ0n) is 14.1. The van der Waals surface area contributed by atoms with E-state index in [1.54, 1.807) is 0 Å². The summed E-state index contributed by atoms with van der Waals surface area (Å²) in [6.07, 6.45) is 0.366. The van der Waals surface area contributed by atoms with Crippen molar-refractivity contribution in [2.75, 3.05) is 11.4 Å². The molecule has 2 aromatic rings. The number of anilines is 1. The average Bonchev–Trinajstić information content (AvgIpc) is 2.88. The van der Waals surface area contributed by atoms with Crippen molar-refractivity contribution in [2.24, 2.45) is 4.99 Å². The van der Waals surface area contributed by atoms with Crippen LogP contribution in [-0.4, -0.2) is 36.7 Å². The fourth-order valence-electron chi connectivity index (χ4n) is 3.54. The summed E-state index contributed by atoms with van der Waals surface area (Å²) in [5.41, 5.74) is 3.90. The zero-order valence-corrected chi connectivity index (χ0v) is 14.1. The number of hydrogen-bond acceptors (Lipinski definition) is 4. The smallest absolute Gasteiger partial charge is 0.204 e. The van der Waals surface area contributed by atoms with E-state index in [0.717, 1.165) is 22.3 Å². The number of benzene rings is 2. The van der Waals surface area contributed by atoms with E-state index in [0.29, 0.717) is 30.1 Å². The third-order valence-electron chi connectivity index (χ3n) is 5.09. The van der Waals surface area contributed by atoms with E-state index in [1.807, 2.05) is 56.9 Å². The number of aryl methyl sites for hydroxylation is 2. The lowest BCUT2D eigenvalue weighted by atomic mass is 9.86. The summed E-state index contributed by atoms with van der Waals surface area (Å²) in [6.45, 7) is 4.56. The number of fused-ring (bicyclic) bond motifs is 2. The van der Waals surface area contributed by atoms with Crippen LogP contribution in [0.5, 0.6) is 0 Å². The van der Waals surface area contributed by atoms with E-state index in [4.69, 9.17) is 4.99 Å². The van der Waals surface area contributed by atoms with Crippen molar-refractivity contribution >= 4 is 36.3 Å². The van der Waals surface area contributed by atoms with Crippen molar-refractivity contribution in [3.05, 3.63) is 53.1 Å². The van der Waals surface area contributed by atoms with E-state index in [-0.39, 0.29) is 5.78 Å². The van der Waals surface area contributed by atoms with E-state index in [9.17, 15) is 9.90 Å². The molecular weight excluding hydrogens is 299 g/mol. The quantitative estimate of drug-likeness (QED) is 0.810. The zero-order chi connectivity index (χ0) is 17.1. The summed E-state index contributed by atoms with van der Waals surface area (Å²) in [4.78, 5) is 19.6. The van der Waals surface area contributed by atoms with Crippen molar-refractivity contribution < 1.29 is 9.90 Å². The molecule has 1 N–H and O–H groups in total. The molecule has 2 aromatic carbocycles. The molecule has 0 spiro atoms. The topological polar surface area (TPSA) is 52.9 Å². The van der Waals surface area contributed by atoms with Crippen molar-refractivity contribution in [3.8, 4) is 0 Å². The monoisotopic (exact) mass is 318 g/mol. The minimum atomic E-state index is -1.52. The summed E-state index contributed by atoms with van der Waals surface area (Å²) < 4.78 is 0. The third kappa shape index (κ3) is 2.05. The van der Waals surface area contributed by atoms with Gasteiger partial charge in [0.2, 0.25) is 5.78 Å². The number of rotatable bonds is 1. The Kier molecular flexibility index (Phi) is 3.19. The summed E-state index contributed by atoms with van der Waals surface area (Å²) in [6, 6.07) is 11.8. The molecule has 0 bridgehead atoms. The fourth-order valence-corrected chi connectivity index (χ4v) is 3.54. The van der Waals surface area contributed by atoms with Gasteiger partial charge < -0.3 is 10.0 Å². The van der Waals surface area contributed by atoms with Gasteiger partial charge in [-0.2, -0.15) is 0 Å². The Hall–Kier alpha value is -2.40. The van der Waals surface area contributed by atoms with E-state index in [1.165, 1.54) is 0 Å². The third-order valence-corrected chi connectivity index (χ3v) is 5.09. The Morgan fingerprint density at radius 2 is 1.96 bits per heavy atom. The van der Waals surface area contributed by atoms with E-state index >= 15 is 0 Å². The number of hydrogen-bond donors (Lipinski definition) is 1. The molecule has 1 fully saturated rings. The van der Waals surface area contributed by atoms with Crippen molar-refractivity contribution in [1.82, 2.24) is 0 Å². The van der Waals surface area contributed by atoms with Crippen molar-refractivity contribution in [3.63, 3.8) is 0 Å². The molecule has 5 heteroatoms. The predicted octanol–water partition coefficient (Wildman–Crippen LogP) is 1.43. The van der Waals surface area contributed by atoms with E-state index in [2.05, 4.69) is 6.07 Å². The number of ketones is 1. The van der Waals surface area contributed by atoms with Gasteiger partial charge in [-0.15, -0.1) is 0 Å². The molecule has 0 radical (unpaired) electrons. The van der Waals surface area contributed by atoms with Crippen LogP contribution in [0.15, 0.2) is 41.4 Å². The van der Waals surface area contributed by atoms with Crippen LogP contribution >= 0.6 is 0 Å². The standard InChI is InChI=1S/C19H19BN2O2/c1-11-8-15-16(9-12(11)2)21-18-19(24,17(15)23)6-7-22(18)14-5-3-4-13(20)10-14/h3-5,8-10,24H,6-7,20H2,1-2H3/t19-/m1/s1. The number of carbonyl (C=O) groups excluding carboxylic acids is 1. The highest BCUT2D eigenvalue weighted by molar-refractivity contribution is 6.33. The van der Waals surface area contributed by atoms with Crippen LogP contribution in [0.25, 0.3) is 0 Å². The first-order chi connectivity index (χ1) is 11.4. The minimum Gasteiger partial charge on any atom is -0.374 e. The maximum Gasteiger partial charge on any atom is 0.204 e. The van der Waals surface area contributed by atoms with Crippen LogP contribution in [0.2, 0.25) is 0 Å². The van der Waals surface area contributed by atoms with Crippen LogP contribution in [0.1, 0.15) is 27.9 Å². The lowest BCUT2D eigenvalue weighted by Gasteiger charge is -2.30. The molecular formula is C19H19BN2O2. The molecule has 120 valence electrons. The second-order valence-electron chi connectivity index (χ2n) is 6.82. The Morgan fingerprint density at radius 3 is 2.71 bits per heavy atom. The second-order valence-corrected chi connectivity index (χ2v) is 6.82. The number of aliphatic hydroxyl groups is 1. The molecule has 24 heavy (non-hydrogen) atoms. The lowest BCUT2D eigenvalue weighted by Crippen LogP contribution is -2.48. The minimum absolute atomic E-state index is 0.235. The maximum atomic E-state index is 13.0. The highest BCUT2D eigenvalue weighted by Gasteiger charge is 2.52. The van der Waals surface area contributed by atoms with Gasteiger partial charge in [0.05, 0.1) is 5.69 Å². The predicted molar refractivity (Wildman–Crippen MR) is 98.9 cm³/mol. The van der Waals surface area contributed by atoms with Gasteiger partial charge in [-0.25, -0.2) is 4.99 Å². The average molecular weight is 318 g/mol. The fraction of sp³-hybridized carbons (Fsp3) is 0.263. The molecule has 4 nitrogen and oxygen atoms in total. The first-order valence-electron chi connectivity index (χ1n) is 8.22. The van der Waals surface area contributed by atoms with Gasteiger partial charge in [-0.1, -0.05) is 17.6 Å². The number of nitrogens with zero attached hydrogens (tertiary/aromatic N) is 2. The van der Waals surface area contributed by atoms with Crippen LogP contribution in [0.3, 0.4) is 0 Å². The van der Waals surface area contributed by atoms with Crippen LogP contribution < -0.4 is 10.4 Å². The van der Waals surface area contributed by atoms with Gasteiger partial charge in [-0.3, -0.25) is 4.79 Å². The second kappa shape index (κ2) is 5.05. The molecule has 1 saturated heterocycles. The summed E-state index contributed by atoms with van der Waals surface area (Å²) in [5.74, 6) is 0.217. The van der Waals surface area contributed by atoms with Crippen LogP contribution in [0, 0.1) is 13.8 Å². The molecule has 1 atom stereocenters. The largest absolute Gasteiger partial charge is 0.374 e. The maximum absolute atomic E-state index is 13.0.